The number of hydrogen-bond acceptors (Lipinski definition) is 4. The molecule has 26 heavy (non-hydrogen) atoms. The van der Waals surface area contributed by atoms with Crippen LogP contribution in [0.1, 0.15) is 16.7 Å². The highest BCUT2D eigenvalue weighted by Crippen LogP contribution is 2.33. The van der Waals surface area contributed by atoms with E-state index in [4.69, 9.17) is 9.47 Å². The van der Waals surface area contributed by atoms with Crippen LogP contribution in [0.2, 0.25) is 0 Å². The van der Waals surface area contributed by atoms with Gasteiger partial charge in [-0.1, -0.05) is 12.1 Å². The number of aromatic nitrogens is 2. The second-order valence-corrected chi connectivity index (χ2v) is 6.55. The highest BCUT2D eigenvalue weighted by atomic mass is 16.5. The van der Waals surface area contributed by atoms with Gasteiger partial charge in [0.25, 0.3) is 0 Å². The molecule has 0 radical (unpaired) electrons. The van der Waals surface area contributed by atoms with Gasteiger partial charge in [0.15, 0.2) is 11.5 Å². The van der Waals surface area contributed by atoms with Gasteiger partial charge >= 0.3 is 0 Å². The lowest BCUT2D eigenvalue weighted by Crippen LogP contribution is -2.30. The molecule has 0 atom stereocenters. The molecular weight excluding hydrogens is 326 g/mol. The molecule has 0 spiro atoms. The Hall–Kier alpha value is -2.79. The highest BCUT2D eigenvalue weighted by molar-refractivity contribution is 5.48. The molecule has 1 aromatic heterocycles. The van der Waals surface area contributed by atoms with Crippen molar-refractivity contribution in [2.75, 3.05) is 20.8 Å². The number of hydrogen-bond donors (Lipinski definition) is 0. The van der Waals surface area contributed by atoms with Gasteiger partial charge < -0.3 is 9.47 Å². The van der Waals surface area contributed by atoms with Gasteiger partial charge in [0.1, 0.15) is 0 Å². The third-order valence-corrected chi connectivity index (χ3v) is 4.91. The number of nitrogens with zero attached hydrogens (tertiary/aromatic N) is 3. The number of fused-ring (bicyclic) bond motifs is 1. The van der Waals surface area contributed by atoms with Crippen molar-refractivity contribution in [1.82, 2.24) is 14.7 Å². The smallest absolute Gasteiger partial charge is 0.161 e. The van der Waals surface area contributed by atoms with Gasteiger partial charge in [-0.2, -0.15) is 5.10 Å². The van der Waals surface area contributed by atoms with Crippen LogP contribution in [0.5, 0.6) is 11.5 Å². The summed E-state index contributed by atoms with van der Waals surface area (Å²) in [5.41, 5.74) is 5.07. The first-order chi connectivity index (χ1) is 12.8. The molecule has 1 aliphatic heterocycles. The van der Waals surface area contributed by atoms with Crippen molar-refractivity contribution in [2.45, 2.75) is 19.5 Å². The molecule has 0 unspecified atom stereocenters. The van der Waals surface area contributed by atoms with Crippen molar-refractivity contribution >= 4 is 0 Å². The van der Waals surface area contributed by atoms with E-state index in [1.54, 1.807) is 20.4 Å². The van der Waals surface area contributed by atoms with Crippen LogP contribution in [-0.4, -0.2) is 35.4 Å². The molecule has 0 fully saturated rings. The van der Waals surface area contributed by atoms with E-state index >= 15 is 0 Å². The van der Waals surface area contributed by atoms with Crippen molar-refractivity contribution < 1.29 is 9.47 Å². The first-order valence-electron chi connectivity index (χ1n) is 8.82. The fraction of sp³-hybridized carbons (Fsp3) is 0.286. The first kappa shape index (κ1) is 16.7. The van der Waals surface area contributed by atoms with Gasteiger partial charge in [-0.3, -0.25) is 4.90 Å². The standard InChI is InChI=1S/C21H23N3O2/c1-25-20-12-17-8-11-23(15-18(17)13-21(20)26-2)14-16-4-6-19(7-5-16)24-10-3-9-22-24/h3-7,9-10,12-13H,8,11,14-15H2,1-2H3. The number of rotatable bonds is 5. The molecular formula is C21H23N3O2. The topological polar surface area (TPSA) is 39.5 Å². The van der Waals surface area contributed by atoms with Gasteiger partial charge in [-0.15, -0.1) is 0 Å². The van der Waals surface area contributed by atoms with E-state index in [1.807, 2.05) is 16.9 Å². The van der Waals surface area contributed by atoms with E-state index in [-0.39, 0.29) is 0 Å². The molecule has 2 heterocycles. The molecule has 0 saturated heterocycles. The molecule has 5 heteroatoms. The van der Waals surface area contributed by atoms with Crippen molar-refractivity contribution in [3.8, 4) is 17.2 Å². The third kappa shape index (κ3) is 3.30. The molecule has 0 aliphatic carbocycles. The van der Waals surface area contributed by atoms with E-state index in [0.29, 0.717) is 0 Å². The Morgan fingerprint density at radius 2 is 1.73 bits per heavy atom. The SMILES string of the molecule is COc1cc2c(cc1OC)CN(Cc1ccc(-n3cccn3)cc1)CC2. The summed E-state index contributed by atoms with van der Waals surface area (Å²) in [5, 5.41) is 4.27. The lowest BCUT2D eigenvalue weighted by molar-refractivity contribution is 0.244. The zero-order valence-electron chi connectivity index (χ0n) is 15.2. The van der Waals surface area contributed by atoms with Crippen LogP contribution in [0.3, 0.4) is 0 Å². The summed E-state index contributed by atoms with van der Waals surface area (Å²) in [6.45, 7) is 2.91. The maximum atomic E-state index is 5.45. The molecule has 5 nitrogen and oxygen atoms in total. The molecule has 0 bridgehead atoms. The van der Waals surface area contributed by atoms with Crippen molar-refractivity contribution in [1.29, 1.82) is 0 Å². The Kier molecular flexibility index (Phi) is 4.63. The normalized spacial score (nSPS) is 14.1. The van der Waals surface area contributed by atoms with Crippen LogP contribution in [0, 0.1) is 0 Å². The molecule has 134 valence electrons. The summed E-state index contributed by atoms with van der Waals surface area (Å²) >= 11 is 0. The second kappa shape index (κ2) is 7.22. The van der Waals surface area contributed by atoms with E-state index in [2.05, 4.69) is 46.4 Å². The Morgan fingerprint density at radius 1 is 1.00 bits per heavy atom. The van der Waals surface area contributed by atoms with Crippen LogP contribution in [0.4, 0.5) is 0 Å². The fourth-order valence-corrected chi connectivity index (χ4v) is 3.51. The van der Waals surface area contributed by atoms with E-state index < -0.39 is 0 Å². The van der Waals surface area contributed by atoms with Gasteiger partial charge in [0, 0.05) is 32.0 Å². The van der Waals surface area contributed by atoms with Crippen molar-refractivity contribution in [3.63, 3.8) is 0 Å². The molecule has 0 amide bonds. The summed E-state index contributed by atoms with van der Waals surface area (Å²) < 4.78 is 12.7. The molecule has 1 aliphatic rings. The Balaban J connectivity index is 1.47. The minimum atomic E-state index is 0.802. The zero-order valence-corrected chi connectivity index (χ0v) is 15.2. The Morgan fingerprint density at radius 3 is 2.38 bits per heavy atom. The molecule has 4 rings (SSSR count). The molecule has 2 aromatic carbocycles. The average molecular weight is 349 g/mol. The van der Waals surface area contributed by atoms with Crippen LogP contribution in [0.15, 0.2) is 54.9 Å². The lowest BCUT2D eigenvalue weighted by atomic mass is 9.98. The summed E-state index contributed by atoms with van der Waals surface area (Å²) in [6.07, 6.45) is 4.78. The van der Waals surface area contributed by atoms with Crippen LogP contribution >= 0.6 is 0 Å². The Labute approximate surface area is 153 Å². The quantitative estimate of drug-likeness (QED) is 0.707. The monoisotopic (exact) mass is 349 g/mol. The highest BCUT2D eigenvalue weighted by Gasteiger charge is 2.19. The summed E-state index contributed by atoms with van der Waals surface area (Å²) in [7, 11) is 3.37. The van der Waals surface area contributed by atoms with E-state index in [9.17, 15) is 0 Å². The van der Waals surface area contributed by atoms with E-state index in [0.717, 1.165) is 43.2 Å². The maximum absolute atomic E-state index is 5.45. The average Bonchev–Trinajstić information content (AvgIpc) is 3.22. The van der Waals surface area contributed by atoms with Crippen molar-refractivity contribution in [3.05, 3.63) is 71.5 Å². The van der Waals surface area contributed by atoms with Gasteiger partial charge in [0.2, 0.25) is 0 Å². The van der Waals surface area contributed by atoms with Crippen molar-refractivity contribution in [2.24, 2.45) is 0 Å². The van der Waals surface area contributed by atoms with Gasteiger partial charge in [-0.05, 0) is 53.4 Å². The number of methoxy groups -OCH3 is 2. The second-order valence-electron chi connectivity index (χ2n) is 6.55. The van der Waals surface area contributed by atoms with E-state index in [1.165, 1.54) is 16.7 Å². The van der Waals surface area contributed by atoms with Crippen LogP contribution < -0.4 is 9.47 Å². The minimum absolute atomic E-state index is 0.802. The first-order valence-corrected chi connectivity index (χ1v) is 8.82. The summed E-state index contributed by atoms with van der Waals surface area (Å²) in [4.78, 5) is 2.47. The molecule has 3 aromatic rings. The predicted molar refractivity (Wildman–Crippen MR) is 101 cm³/mol. The predicted octanol–water partition coefficient (Wildman–Crippen LogP) is 3.45. The van der Waals surface area contributed by atoms with Crippen LogP contribution in [0.25, 0.3) is 5.69 Å². The van der Waals surface area contributed by atoms with Gasteiger partial charge in [0.05, 0.1) is 19.9 Å². The molecule has 0 N–H and O–H groups in total. The van der Waals surface area contributed by atoms with Gasteiger partial charge in [-0.25, -0.2) is 4.68 Å². The summed E-state index contributed by atoms with van der Waals surface area (Å²) in [5.74, 6) is 1.62. The minimum Gasteiger partial charge on any atom is -0.493 e. The number of ether oxygens (including phenoxy) is 2. The zero-order chi connectivity index (χ0) is 17.9. The Bertz CT molecular complexity index is 873. The lowest BCUT2D eigenvalue weighted by Gasteiger charge is -2.29. The van der Waals surface area contributed by atoms with Crippen LogP contribution in [-0.2, 0) is 19.5 Å². The fourth-order valence-electron chi connectivity index (χ4n) is 3.51. The molecule has 0 saturated carbocycles. The largest absolute Gasteiger partial charge is 0.493 e. The summed E-state index contributed by atoms with van der Waals surface area (Å²) in [6, 6.07) is 14.8. The number of benzene rings is 2. The maximum Gasteiger partial charge on any atom is 0.161 e. The third-order valence-electron chi connectivity index (χ3n) is 4.91.